The van der Waals surface area contributed by atoms with Crippen molar-refractivity contribution in [2.24, 2.45) is 0 Å². The lowest BCUT2D eigenvalue weighted by molar-refractivity contribution is 0.0651. The van der Waals surface area contributed by atoms with Crippen LogP contribution in [0.25, 0.3) is 10.9 Å². The van der Waals surface area contributed by atoms with E-state index in [-0.39, 0.29) is 17.9 Å². The molecule has 4 aromatic rings. The molecule has 200 valence electrons. The van der Waals surface area contributed by atoms with Gasteiger partial charge in [-0.05, 0) is 74.7 Å². The number of carbonyl (C=O) groups excluding carboxylic acids is 2. The lowest BCUT2D eigenvalue weighted by Gasteiger charge is -2.21. The highest BCUT2D eigenvalue weighted by atomic mass is 16.5. The third kappa shape index (κ3) is 5.10. The van der Waals surface area contributed by atoms with Crippen LogP contribution in [-0.4, -0.2) is 48.5 Å². The maximum Gasteiger partial charge on any atom is 0.261 e. The molecule has 1 N–H and O–H groups in total. The summed E-state index contributed by atoms with van der Waals surface area (Å²) in [5, 5.41) is 4.41. The van der Waals surface area contributed by atoms with Crippen molar-refractivity contribution in [2.75, 3.05) is 26.1 Å². The van der Waals surface area contributed by atoms with E-state index in [4.69, 9.17) is 14.2 Å². The van der Waals surface area contributed by atoms with Crippen molar-refractivity contribution in [3.63, 3.8) is 0 Å². The number of ether oxygens (including phenoxy) is 3. The molecule has 0 radical (unpaired) electrons. The zero-order chi connectivity index (χ0) is 27.5. The largest absolute Gasteiger partial charge is 0.497 e. The van der Waals surface area contributed by atoms with Crippen LogP contribution in [0.1, 0.15) is 46.0 Å². The fourth-order valence-electron chi connectivity index (χ4n) is 4.90. The zero-order valence-electron chi connectivity index (χ0n) is 22.5. The topological polar surface area (TPSA) is 90.0 Å². The molecule has 0 bridgehead atoms. The Morgan fingerprint density at radius 1 is 0.923 bits per heavy atom. The van der Waals surface area contributed by atoms with Gasteiger partial charge in [-0.2, -0.15) is 0 Å². The molecular formula is C31H31N3O5. The van der Waals surface area contributed by atoms with Crippen LogP contribution in [0.5, 0.6) is 23.0 Å². The summed E-state index contributed by atoms with van der Waals surface area (Å²) >= 11 is 0. The van der Waals surface area contributed by atoms with Gasteiger partial charge in [-0.1, -0.05) is 12.1 Å². The van der Waals surface area contributed by atoms with Crippen molar-refractivity contribution in [1.82, 2.24) is 9.88 Å². The van der Waals surface area contributed by atoms with Crippen LogP contribution in [0.2, 0.25) is 0 Å². The van der Waals surface area contributed by atoms with Gasteiger partial charge in [0.15, 0.2) is 11.5 Å². The molecule has 39 heavy (non-hydrogen) atoms. The first-order valence-corrected chi connectivity index (χ1v) is 12.9. The summed E-state index contributed by atoms with van der Waals surface area (Å²) in [5.74, 6) is 2.12. The van der Waals surface area contributed by atoms with Crippen LogP contribution in [0.15, 0.2) is 66.9 Å². The Kier molecular flexibility index (Phi) is 7.36. The Labute approximate surface area is 227 Å². The normalized spacial score (nSPS) is 13.4. The molecule has 0 saturated heterocycles. The number of rotatable bonds is 10. The molecule has 0 fully saturated rings. The number of nitrogens with one attached hydrogen (secondary N) is 1. The molecule has 0 aliphatic carbocycles. The van der Waals surface area contributed by atoms with Crippen molar-refractivity contribution >= 4 is 28.4 Å². The maximum absolute atomic E-state index is 12.7. The van der Waals surface area contributed by atoms with Gasteiger partial charge in [0.1, 0.15) is 11.5 Å². The van der Waals surface area contributed by atoms with Crippen LogP contribution >= 0.6 is 0 Å². The Bertz CT molecular complexity index is 1500. The molecule has 0 saturated carbocycles. The lowest BCUT2D eigenvalue weighted by atomic mass is 10.1. The van der Waals surface area contributed by atoms with Gasteiger partial charge in [0.05, 0.1) is 41.9 Å². The molecule has 1 aliphatic rings. The van der Waals surface area contributed by atoms with E-state index in [1.54, 1.807) is 44.7 Å². The number of pyridine rings is 1. The van der Waals surface area contributed by atoms with E-state index >= 15 is 0 Å². The number of nitrogens with zero attached hydrogens (tertiary/aromatic N) is 2. The third-order valence-electron chi connectivity index (χ3n) is 6.94. The summed E-state index contributed by atoms with van der Waals surface area (Å²) < 4.78 is 17.3. The third-order valence-corrected chi connectivity index (χ3v) is 6.94. The second kappa shape index (κ2) is 11.0. The SMILES string of the molecule is COc1ccc(Oc2c(OC)cc(NC(C)CCCN3C(=O)c4ccccc4C3=O)c3nccc(C)c23)cc1. The van der Waals surface area contributed by atoms with Gasteiger partial charge in [-0.25, -0.2) is 0 Å². The van der Waals surface area contributed by atoms with Crippen LogP contribution in [-0.2, 0) is 0 Å². The minimum Gasteiger partial charge on any atom is -0.497 e. The van der Waals surface area contributed by atoms with E-state index in [9.17, 15) is 9.59 Å². The van der Waals surface area contributed by atoms with E-state index in [0.717, 1.165) is 34.3 Å². The highest BCUT2D eigenvalue weighted by Crippen LogP contribution is 2.43. The standard InChI is InChI=1S/C31H31N3O5/c1-19-15-16-32-28-25(18-26(38-4)29(27(19)28)39-22-13-11-21(37-3)12-14-22)33-20(2)8-7-17-34-30(35)23-9-5-6-10-24(23)31(34)36/h5-6,9-16,18,20,33H,7-8,17H2,1-4H3. The molecule has 1 atom stereocenters. The number of imide groups is 1. The van der Waals surface area contributed by atoms with Gasteiger partial charge in [-0.3, -0.25) is 19.5 Å². The first kappa shape index (κ1) is 26.0. The Morgan fingerprint density at radius 2 is 1.59 bits per heavy atom. The van der Waals surface area contributed by atoms with Gasteiger partial charge in [0.25, 0.3) is 11.8 Å². The fourth-order valence-corrected chi connectivity index (χ4v) is 4.90. The molecule has 2 amide bonds. The van der Waals surface area contributed by atoms with E-state index in [0.29, 0.717) is 41.3 Å². The Morgan fingerprint density at radius 3 is 2.23 bits per heavy atom. The van der Waals surface area contributed by atoms with Crippen molar-refractivity contribution in [1.29, 1.82) is 0 Å². The first-order valence-electron chi connectivity index (χ1n) is 12.9. The quantitative estimate of drug-likeness (QED) is 0.246. The summed E-state index contributed by atoms with van der Waals surface area (Å²) in [4.78, 5) is 31.3. The predicted molar refractivity (Wildman–Crippen MR) is 150 cm³/mol. The van der Waals surface area contributed by atoms with Gasteiger partial charge >= 0.3 is 0 Å². The number of anilines is 1. The summed E-state index contributed by atoms with van der Waals surface area (Å²) in [6.45, 7) is 4.45. The minimum atomic E-state index is -0.223. The van der Waals surface area contributed by atoms with Crippen LogP contribution in [0.4, 0.5) is 5.69 Å². The van der Waals surface area contributed by atoms with Gasteiger partial charge in [-0.15, -0.1) is 0 Å². The van der Waals surface area contributed by atoms with Crippen molar-refractivity contribution < 1.29 is 23.8 Å². The number of benzene rings is 3. The summed E-state index contributed by atoms with van der Waals surface area (Å²) in [6.07, 6.45) is 3.19. The second-order valence-corrected chi connectivity index (χ2v) is 9.58. The zero-order valence-corrected chi connectivity index (χ0v) is 22.5. The average molecular weight is 526 g/mol. The number of aryl methyl sites for hydroxylation is 1. The van der Waals surface area contributed by atoms with Gasteiger partial charge < -0.3 is 19.5 Å². The fraction of sp³-hybridized carbons (Fsp3) is 0.258. The van der Waals surface area contributed by atoms with Crippen LogP contribution in [0.3, 0.4) is 0 Å². The van der Waals surface area contributed by atoms with E-state index < -0.39 is 0 Å². The molecule has 1 aliphatic heterocycles. The number of hydrogen-bond donors (Lipinski definition) is 1. The molecule has 5 rings (SSSR count). The number of fused-ring (bicyclic) bond motifs is 2. The summed E-state index contributed by atoms with van der Waals surface area (Å²) in [7, 11) is 3.24. The molecule has 1 unspecified atom stereocenters. The molecule has 0 spiro atoms. The first-order chi connectivity index (χ1) is 18.9. The van der Waals surface area contributed by atoms with Gasteiger partial charge in [0.2, 0.25) is 0 Å². The lowest BCUT2D eigenvalue weighted by Crippen LogP contribution is -2.31. The van der Waals surface area contributed by atoms with Crippen molar-refractivity contribution in [3.8, 4) is 23.0 Å². The summed E-state index contributed by atoms with van der Waals surface area (Å²) in [5.41, 5.74) is 3.55. The number of carbonyl (C=O) groups is 2. The number of methoxy groups -OCH3 is 2. The summed E-state index contributed by atoms with van der Waals surface area (Å²) in [6, 6.07) is 18.2. The van der Waals surface area contributed by atoms with E-state index in [1.807, 2.05) is 43.3 Å². The van der Waals surface area contributed by atoms with E-state index in [2.05, 4.69) is 17.2 Å². The molecule has 3 aromatic carbocycles. The minimum absolute atomic E-state index is 0.0451. The van der Waals surface area contributed by atoms with Crippen LogP contribution < -0.4 is 19.5 Å². The highest BCUT2D eigenvalue weighted by molar-refractivity contribution is 6.21. The Hall–Kier alpha value is -4.59. The van der Waals surface area contributed by atoms with Gasteiger partial charge in [0, 0.05) is 24.8 Å². The monoisotopic (exact) mass is 525 g/mol. The van der Waals surface area contributed by atoms with Crippen LogP contribution in [0, 0.1) is 6.92 Å². The van der Waals surface area contributed by atoms with E-state index in [1.165, 1.54) is 4.90 Å². The smallest absolute Gasteiger partial charge is 0.261 e. The number of aromatic nitrogens is 1. The second-order valence-electron chi connectivity index (χ2n) is 9.58. The molecule has 1 aromatic heterocycles. The maximum atomic E-state index is 12.7. The molecular weight excluding hydrogens is 494 g/mol. The molecule has 8 heteroatoms. The number of hydrogen-bond acceptors (Lipinski definition) is 7. The van der Waals surface area contributed by atoms with Crippen molar-refractivity contribution in [3.05, 3.63) is 83.6 Å². The molecule has 8 nitrogen and oxygen atoms in total. The average Bonchev–Trinajstić information content (AvgIpc) is 3.19. The predicted octanol–water partition coefficient (Wildman–Crippen LogP) is 6.23. The number of amides is 2. The highest BCUT2D eigenvalue weighted by Gasteiger charge is 2.34. The Balaban J connectivity index is 1.33. The van der Waals surface area contributed by atoms with Crippen molar-refractivity contribution in [2.45, 2.75) is 32.7 Å². The molecule has 2 heterocycles.